The summed E-state index contributed by atoms with van der Waals surface area (Å²) in [5.74, 6) is 0.726. The second-order valence-corrected chi connectivity index (χ2v) is 5.37. The summed E-state index contributed by atoms with van der Waals surface area (Å²) in [5.41, 5.74) is 2.34. The lowest BCUT2D eigenvalue weighted by atomic mass is 10.1. The first-order valence-electron chi connectivity index (χ1n) is 6.36. The molecule has 0 aliphatic heterocycles. The van der Waals surface area contributed by atoms with E-state index in [2.05, 4.69) is 21.2 Å². The molecule has 0 spiro atoms. The van der Waals surface area contributed by atoms with Crippen LogP contribution < -0.4 is 10.1 Å². The van der Waals surface area contributed by atoms with E-state index in [-0.39, 0.29) is 12.3 Å². The maximum Gasteiger partial charge on any atom is 0.292 e. The third-order valence-electron chi connectivity index (χ3n) is 3.10. The van der Waals surface area contributed by atoms with Crippen molar-refractivity contribution in [3.8, 4) is 5.75 Å². The van der Waals surface area contributed by atoms with Crippen LogP contribution in [0.4, 0.5) is 11.4 Å². The standard InChI is InChI=1S/C15H15BrN2O3/c1-10-8-12(6-7-13(10)16)21-9-11-4-3-5-14(18(19)20)15(11)17-2/h3-8,17H,9H2,1-2H3. The van der Waals surface area contributed by atoms with E-state index in [9.17, 15) is 10.1 Å². The summed E-state index contributed by atoms with van der Waals surface area (Å²) >= 11 is 3.43. The van der Waals surface area contributed by atoms with Crippen molar-refractivity contribution in [2.45, 2.75) is 13.5 Å². The van der Waals surface area contributed by atoms with Gasteiger partial charge in [0, 0.05) is 23.2 Å². The molecule has 0 aliphatic carbocycles. The fraction of sp³-hybridized carbons (Fsp3) is 0.200. The Labute approximate surface area is 131 Å². The van der Waals surface area contributed by atoms with Crippen molar-refractivity contribution in [2.75, 3.05) is 12.4 Å². The summed E-state index contributed by atoms with van der Waals surface area (Å²) < 4.78 is 6.74. The molecule has 0 saturated heterocycles. The lowest BCUT2D eigenvalue weighted by Crippen LogP contribution is -2.04. The van der Waals surface area contributed by atoms with E-state index in [1.54, 1.807) is 13.1 Å². The smallest absolute Gasteiger partial charge is 0.292 e. The number of halogens is 1. The fourth-order valence-corrected chi connectivity index (χ4v) is 2.26. The van der Waals surface area contributed by atoms with Crippen LogP contribution >= 0.6 is 15.9 Å². The number of anilines is 1. The predicted molar refractivity (Wildman–Crippen MR) is 85.9 cm³/mol. The van der Waals surface area contributed by atoms with Gasteiger partial charge in [-0.25, -0.2) is 0 Å². The number of hydrogen-bond acceptors (Lipinski definition) is 4. The second-order valence-electron chi connectivity index (χ2n) is 4.52. The number of rotatable bonds is 5. The Morgan fingerprint density at radius 1 is 1.33 bits per heavy atom. The van der Waals surface area contributed by atoms with Crippen LogP contribution in [0.3, 0.4) is 0 Å². The molecule has 0 aromatic heterocycles. The molecule has 0 unspecified atom stereocenters. The van der Waals surface area contributed by atoms with Crippen molar-refractivity contribution >= 4 is 27.3 Å². The van der Waals surface area contributed by atoms with Gasteiger partial charge in [0.15, 0.2) is 0 Å². The Balaban J connectivity index is 2.21. The summed E-state index contributed by atoms with van der Waals surface area (Å²) in [6, 6.07) is 10.6. The number of nitro benzene ring substituents is 1. The van der Waals surface area contributed by atoms with Crippen molar-refractivity contribution < 1.29 is 9.66 Å². The molecule has 0 heterocycles. The van der Waals surface area contributed by atoms with E-state index in [0.717, 1.165) is 21.3 Å². The van der Waals surface area contributed by atoms with Gasteiger partial charge in [-0.1, -0.05) is 28.1 Å². The van der Waals surface area contributed by atoms with Gasteiger partial charge < -0.3 is 10.1 Å². The highest BCUT2D eigenvalue weighted by Crippen LogP contribution is 2.29. The second kappa shape index (κ2) is 6.58. The molecule has 0 saturated carbocycles. The van der Waals surface area contributed by atoms with Gasteiger partial charge in [-0.15, -0.1) is 0 Å². The minimum Gasteiger partial charge on any atom is -0.489 e. The summed E-state index contributed by atoms with van der Waals surface area (Å²) in [6.45, 7) is 2.24. The minimum absolute atomic E-state index is 0.0468. The fourth-order valence-electron chi connectivity index (χ4n) is 2.02. The number of benzene rings is 2. The zero-order valence-electron chi connectivity index (χ0n) is 11.7. The average Bonchev–Trinajstić information content (AvgIpc) is 2.47. The Bertz CT molecular complexity index is 674. The number of nitrogens with one attached hydrogen (secondary N) is 1. The molecule has 2 aromatic rings. The van der Waals surface area contributed by atoms with E-state index >= 15 is 0 Å². The lowest BCUT2D eigenvalue weighted by Gasteiger charge is -2.11. The van der Waals surface area contributed by atoms with Crippen LogP contribution in [-0.4, -0.2) is 12.0 Å². The van der Waals surface area contributed by atoms with Gasteiger partial charge in [0.1, 0.15) is 18.0 Å². The molecule has 0 atom stereocenters. The van der Waals surface area contributed by atoms with Gasteiger partial charge in [0.25, 0.3) is 5.69 Å². The summed E-state index contributed by atoms with van der Waals surface area (Å²) in [7, 11) is 1.66. The highest BCUT2D eigenvalue weighted by atomic mass is 79.9. The van der Waals surface area contributed by atoms with Gasteiger partial charge in [0.05, 0.1) is 4.92 Å². The number of ether oxygens (including phenoxy) is 1. The number of nitrogens with zero attached hydrogens (tertiary/aromatic N) is 1. The van der Waals surface area contributed by atoms with Gasteiger partial charge in [-0.05, 0) is 30.7 Å². The van der Waals surface area contributed by atoms with Crippen LogP contribution in [0.2, 0.25) is 0 Å². The molecule has 6 heteroatoms. The molecular weight excluding hydrogens is 336 g/mol. The van der Waals surface area contributed by atoms with Crippen LogP contribution in [0.5, 0.6) is 5.75 Å². The monoisotopic (exact) mass is 350 g/mol. The van der Waals surface area contributed by atoms with Crippen LogP contribution in [-0.2, 0) is 6.61 Å². The minimum atomic E-state index is -0.404. The van der Waals surface area contributed by atoms with Crippen molar-refractivity contribution in [2.24, 2.45) is 0 Å². The summed E-state index contributed by atoms with van der Waals surface area (Å²) in [5, 5.41) is 13.9. The maximum atomic E-state index is 11.0. The predicted octanol–water partition coefficient (Wildman–Crippen LogP) is 4.29. The van der Waals surface area contributed by atoms with E-state index in [1.807, 2.05) is 31.2 Å². The first kappa shape index (κ1) is 15.3. The Morgan fingerprint density at radius 2 is 2.10 bits per heavy atom. The first-order chi connectivity index (χ1) is 10.0. The van der Waals surface area contributed by atoms with Crippen molar-refractivity contribution in [1.29, 1.82) is 0 Å². The maximum absolute atomic E-state index is 11.0. The molecule has 2 aromatic carbocycles. The summed E-state index contributed by atoms with van der Waals surface area (Å²) in [6.07, 6.45) is 0. The Kier molecular flexibility index (Phi) is 4.80. The Hall–Kier alpha value is -2.08. The van der Waals surface area contributed by atoms with Crippen molar-refractivity contribution in [1.82, 2.24) is 0 Å². The zero-order chi connectivity index (χ0) is 15.4. The SMILES string of the molecule is CNc1c(COc2ccc(Br)c(C)c2)cccc1[N+](=O)[O-]. The van der Waals surface area contributed by atoms with Crippen LogP contribution in [0.15, 0.2) is 40.9 Å². The molecule has 5 nitrogen and oxygen atoms in total. The molecule has 0 fully saturated rings. The highest BCUT2D eigenvalue weighted by Gasteiger charge is 2.16. The normalized spacial score (nSPS) is 10.2. The number of nitro groups is 1. The quantitative estimate of drug-likeness (QED) is 0.645. The van der Waals surface area contributed by atoms with E-state index in [0.29, 0.717) is 5.69 Å². The van der Waals surface area contributed by atoms with Crippen LogP contribution in [0.25, 0.3) is 0 Å². The van der Waals surface area contributed by atoms with E-state index in [4.69, 9.17) is 4.74 Å². The topological polar surface area (TPSA) is 64.4 Å². The third-order valence-corrected chi connectivity index (χ3v) is 3.99. The van der Waals surface area contributed by atoms with Crippen molar-refractivity contribution in [3.05, 3.63) is 62.1 Å². The van der Waals surface area contributed by atoms with Gasteiger partial charge in [0.2, 0.25) is 0 Å². The molecule has 0 aliphatic rings. The number of hydrogen-bond donors (Lipinski definition) is 1. The summed E-state index contributed by atoms with van der Waals surface area (Å²) in [4.78, 5) is 10.6. The molecule has 21 heavy (non-hydrogen) atoms. The number of aryl methyl sites for hydroxylation is 1. The first-order valence-corrected chi connectivity index (χ1v) is 7.15. The largest absolute Gasteiger partial charge is 0.489 e. The molecular formula is C15H15BrN2O3. The molecule has 2 rings (SSSR count). The Morgan fingerprint density at radius 3 is 2.71 bits per heavy atom. The molecule has 0 bridgehead atoms. The van der Waals surface area contributed by atoms with Gasteiger partial charge in [-0.2, -0.15) is 0 Å². The van der Waals surface area contributed by atoms with Gasteiger partial charge in [-0.3, -0.25) is 10.1 Å². The molecule has 110 valence electrons. The zero-order valence-corrected chi connectivity index (χ0v) is 13.3. The lowest BCUT2D eigenvalue weighted by molar-refractivity contribution is -0.384. The number of para-hydroxylation sites is 1. The van der Waals surface area contributed by atoms with Crippen LogP contribution in [0.1, 0.15) is 11.1 Å². The highest BCUT2D eigenvalue weighted by molar-refractivity contribution is 9.10. The molecule has 1 N–H and O–H groups in total. The third kappa shape index (κ3) is 3.52. The van der Waals surface area contributed by atoms with E-state index < -0.39 is 4.92 Å². The van der Waals surface area contributed by atoms with E-state index in [1.165, 1.54) is 6.07 Å². The van der Waals surface area contributed by atoms with Gasteiger partial charge >= 0.3 is 0 Å². The molecule has 0 amide bonds. The van der Waals surface area contributed by atoms with Crippen LogP contribution in [0, 0.1) is 17.0 Å². The average molecular weight is 351 g/mol. The molecule has 0 radical (unpaired) electrons. The van der Waals surface area contributed by atoms with Crippen molar-refractivity contribution in [3.63, 3.8) is 0 Å².